The maximum absolute atomic E-state index is 12.4. The average Bonchev–Trinajstić information content (AvgIpc) is 3.22. The molecule has 9 heteroatoms. The van der Waals surface area contributed by atoms with Gasteiger partial charge in [0.25, 0.3) is 5.89 Å². The summed E-state index contributed by atoms with van der Waals surface area (Å²) in [5, 5.41) is 15.2. The summed E-state index contributed by atoms with van der Waals surface area (Å²) in [6.07, 6.45) is 0. The zero-order chi connectivity index (χ0) is 19.3. The Hall–Kier alpha value is -3.72. The summed E-state index contributed by atoms with van der Waals surface area (Å²) in [6, 6.07) is 14.6. The fourth-order valence-electron chi connectivity index (χ4n) is 2.87. The van der Waals surface area contributed by atoms with Crippen LogP contribution < -0.4 is 10.4 Å². The Morgan fingerprint density at radius 1 is 1.11 bits per heavy atom. The number of para-hydroxylation sites is 2. The zero-order valence-electron chi connectivity index (χ0n) is 14.5. The van der Waals surface area contributed by atoms with Gasteiger partial charge in [0.05, 0.1) is 11.1 Å². The molecule has 3 heterocycles. The highest BCUT2D eigenvalue weighted by Crippen LogP contribution is 2.33. The number of fused-ring (bicyclic) bond motifs is 2. The quantitative estimate of drug-likeness (QED) is 0.462. The van der Waals surface area contributed by atoms with E-state index < -0.39 is 5.63 Å². The van der Waals surface area contributed by atoms with E-state index >= 15 is 0 Å². The monoisotopic (exact) mass is 392 g/mol. The van der Waals surface area contributed by atoms with Crippen LogP contribution in [0.4, 0.5) is 5.69 Å². The molecule has 0 spiro atoms. The summed E-state index contributed by atoms with van der Waals surface area (Å²) < 4.78 is 12.4. The molecule has 0 unspecified atom stereocenters. The lowest BCUT2D eigenvalue weighted by Gasteiger charge is -2.04. The molecule has 0 aliphatic carbocycles. The second-order valence-corrected chi connectivity index (χ2v) is 6.95. The first kappa shape index (κ1) is 16.5. The van der Waals surface area contributed by atoms with Crippen LogP contribution in [0, 0.1) is 6.92 Å². The highest BCUT2D eigenvalue weighted by molar-refractivity contribution is 7.03. The molecule has 0 aliphatic rings. The topological polar surface area (TPSA) is 106 Å². The Morgan fingerprint density at radius 2 is 1.93 bits per heavy atom. The molecule has 5 rings (SSSR count). The molecule has 2 aromatic carbocycles. The number of aromatic hydroxyl groups is 1. The predicted octanol–water partition coefficient (Wildman–Crippen LogP) is 3.40. The van der Waals surface area contributed by atoms with E-state index in [-0.39, 0.29) is 23.0 Å². The van der Waals surface area contributed by atoms with Gasteiger partial charge in [-0.05, 0) is 30.7 Å². The largest absolute Gasteiger partial charge is 0.506 e. The Balaban J connectivity index is 1.66. The molecular weight excluding hydrogens is 380 g/mol. The van der Waals surface area contributed by atoms with Crippen molar-refractivity contribution in [3.63, 3.8) is 0 Å². The van der Waals surface area contributed by atoms with Gasteiger partial charge < -0.3 is 13.9 Å². The van der Waals surface area contributed by atoms with Crippen molar-refractivity contribution in [3.05, 3.63) is 69.3 Å². The average molecular weight is 392 g/mol. The molecule has 1 N–H and O–H groups in total. The van der Waals surface area contributed by atoms with Gasteiger partial charge in [0.1, 0.15) is 11.3 Å². The van der Waals surface area contributed by atoms with E-state index in [4.69, 9.17) is 8.83 Å². The molecule has 3 aromatic heterocycles. The summed E-state index contributed by atoms with van der Waals surface area (Å²) in [5.74, 6) is -0.142. The maximum Gasteiger partial charge on any atom is 0.353 e. The SMILES string of the molecule is Cc1cccc2c(O)c(-c3nn4sc(=Nc5ccccc5)nc4o3)c(=O)oc12. The molecule has 138 valence electrons. The zero-order valence-corrected chi connectivity index (χ0v) is 15.3. The van der Waals surface area contributed by atoms with Crippen molar-refractivity contribution in [2.45, 2.75) is 6.92 Å². The number of benzene rings is 2. The molecule has 0 bridgehead atoms. The lowest BCUT2D eigenvalue weighted by Crippen LogP contribution is -2.05. The van der Waals surface area contributed by atoms with Crippen LogP contribution in [0.1, 0.15) is 5.56 Å². The van der Waals surface area contributed by atoms with Crippen LogP contribution in [0.15, 0.2) is 67.2 Å². The second-order valence-electron chi connectivity index (χ2n) is 6.06. The number of rotatable bonds is 2. The van der Waals surface area contributed by atoms with Crippen molar-refractivity contribution < 1.29 is 13.9 Å². The number of aromatic nitrogens is 3. The fraction of sp³-hybridized carbons (Fsp3) is 0.0526. The highest BCUT2D eigenvalue weighted by atomic mass is 32.1. The Labute approximate surface area is 160 Å². The van der Waals surface area contributed by atoms with Crippen molar-refractivity contribution in [1.29, 1.82) is 0 Å². The normalized spacial score (nSPS) is 12.2. The molecule has 0 atom stereocenters. The first-order valence-corrected chi connectivity index (χ1v) is 9.10. The molecular formula is C19H12N4O4S. The number of hydrogen-bond donors (Lipinski definition) is 1. The van der Waals surface area contributed by atoms with Crippen LogP contribution >= 0.6 is 11.5 Å². The minimum Gasteiger partial charge on any atom is -0.506 e. The third kappa shape index (κ3) is 2.60. The van der Waals surface area contributed by atoms with Gasteiger partial charge in [-0.25, -0.2) is 9.79 Å². The molecule has 0 radical (unpaired) electrons. The maximum atomic E-state index is 12.4. The molecule has 28 heavy (non-hydrogen) atoms. The van der Waals surface area contributed by atoms with Crippen LogP contribution in [0.5, 0.6) is 5.75 Å². The minimum atomic E-state index is -0.733. The van der Waals surface area contributed by atoms with Gasteiger partial charge in [0, 0.05) is 11.5 Å². The molecule has 0 amide bonds. The Morgan fingerprint density at radius 3 is 2.71 bits per heavy atom. The van der Waals surface area contributed by atoms with Gasteiger partial charge in [0.2, 0.25) is 4.80 Å². The van der Waals surface area contributed by atoms with Crippen LogP contribution in [-0.2, 0) is 0 Å². The number of hydrogen-bond acceptors (Lipinski definition) is 8. The molecule has 0 fully saturated rings. The Bertz CT molecular complexity index is 1430. The van der Waals surface area contributed by atoms with Crippen molar-refractivity contribution in [1.82, 2.24) is 14.0 Å². The van der Waals surface area contributed by atoms with Gasteiger partial charge in [0.15, 0.2) is 5.56 Å². The minimum absolute atomic E-state index is 0.0698. The third-order valence-corrected chi connectivity index (χ3v) is 4.95. The summed E-state index contributed by atoms with van der Waals surface area (Å²) in [6.45, 7) is 1.79. The smallest absolute Gasteiger partial charge is 0.353 e. The van der Waals surface area contributed by atoms with Gasteiger partial charge in [-0.15, -0.1) is 9.00 Å². The molecule has 8 nitrogen and oxygen atoms in total. The summed E-state index contributed by atoms with van der Waals surface area (Å²) >= 11 is 1.15. The van der Waals surface area contributed by atoms with Crippen molar-refractivity contribution in [2.24, 2.45) is 4.99 Å². The lowest BCUT2D eigenvalue weighted by molar-refractivity contribution is 0.465. The Kier molecular flexibility index (Phi) is 3.63. The van der Waals surface area contributed by atoms with E-state index in [0.29, 0.717) is 15.8 Å². The summed E-state index contributed by atoms with van der Waals surface area (Å²) in [5.41, 5.74) is 0.952. The predicted molar refractivity (Wildman–Crippen MR) is 103 cm³/mol. The number of aryl methyl sites for hydroxylation is 1. The standard InChI is InChI=1S/C19H12N4O4S/c1-10-6-5-9-12-14(24)13(17(25)26-15(10)12)16-22-23-19(27-16)21-18(28-23)20-11-7-3-2-4-8-11/h2-9,24H,1H3. The first-order valence-electron chi connectivity index (χ1n) is 8.33. The highest BCUT2D eigenvalue weighted by Gasteiger charge is 2.22. The second kappa shape index (κ2) is 6.17. The summed E-state index contributed by atoms with van der Waals surface area (Å²) in [4.78, 5) is 21.6. The van der Waals surface area contributed by atoms with E-state index in [0.717, 1.165) is 22.8 Å². The van der Waals surface area contributed by atoms with Crippen LogP contribution in [0.2, 0.25) is 0 Å². The first-order chi connectivity index (χ1) is 13.6. The molecule has 0 aliphatic heterocycles. The number of nitrogens with zero attached hydrogens (tertiary/aromatic N) is 4. The third-order valence-electron chi connectivity index (χ3n) is 4.19. The van der Waals surface area contributed by atoms with E-state index in [1.807, 2.05) is 30.3 Å². The van der Waals surface area contributed by atoms with E-state index in [1.54, 1.807) is 25.1 Å². The van der Waals surface area contributed by atoms with Crippen molar-refractivity contribution in [3.8, 4) is 17.2 Å². The fourth-order valence-corrected chi connectivity index (χ4v) is 3.56. The molecule has 5 aromatic rings. The van der Waals surface area contributed by atoms with Crippen molar-refractivity contribution in [2.75, 3.05) is 0 Å². The van der Waals surface area contributed by atoms with E-state index in [9.17, 15) is 9.90 Å². The van der Waals surface area contributed by atoms with Gasteiger partial charge in [-0.1, -0.05) is 30.3 Å². The van der Waals surface area contributed by atoms with Crippen LogP contribution in [0.25, 0.3) is 28.3 Å². The molecule has 0 saturated heterocycles. The van der Waals surface area contributed by atoms with Gasteiger partial charge in [-0.2, -0.15) is 4.98 Å². The van der Waals surface area contributed by atoms with Crippen molar-refractivity contribution >= 4 is 34.0 Å². The van der Waals surface area contributed by atoms with Gasteiger partial charge >= 0.3 is 11.5 Å². The van der Waals surface area contributed by atoms with Gasteiger partial charge in [-0.3, -0.25) is 0 Å². The van der Waals surface area contributed by atoms with Crippen LogP contribution in [-0.4, -0.2) is 19.1 Å². The molecule has 0 saturated carbocycles. The summed E-state index contributed by atoms with van der Waals surface area (Å²) in [7, 11) is 0. The van der Waals surface area contributed by atoms with E-state index in [2.05, 4.69) is 15.1 Å². The van der Waals surface area contributed by atoms with E-state index in [1.165, 1.54) is 3.90 Å². The van der Waals surface area contributed by atoms with Crippen LogP contribution in [0.3, 0.4) is 0 Å². The lowest BCUT2D eigenvalue weighted by atomic mass is 10.1.